The van der Waals surface area contributed by atoms with Gasteiger partial charge in [0.15, 0.2) is 0 Å². The number of benzene rings is 1. The summed E-state index contributed by atoms with van der Waals surface area (Å²) in [5.74, 6) is -0.0728. The van der Waals surface area contributed by atoms with Crippen LogP contribution in [0.25, 0.3) is 0 Å². The first-order valence-corrected chi connectivity index (χ1v) is 7.17. The van der Waals surface area contributed by atoms with Crippen molar-refractivity contribution in [1.29, 1.82) is 0 Å². The molecule has 5 nitrogen and oxygen atoms in total. The summed E-state index contributed by atoms with van der Waals surface area (Å²) in [6.07, 6.45) is 0.805. The maximum Gasteiger partial charge on any atom is 0.311 e. The maximum atomic E-state index is 12.2. The number of likely N-dealkylation sites (tertiary alicyclic amines) is 1. The fraction of sp³-hybridized carbons (Fsp3) is 0.500. The molecule has 1 N–H and O–H groups in total. The second-order valence-corrected chi connectivity index (χ2v) is 5.68. The van der Waals surface area contributed by atoms with Gasteiger partial charge in [-0.05, 0) is 38.0 Å². The molecule has 1 unspecified atom stereocenters. The van der Waals surface area contributed by atoms with Gasteiger partial charge >= 0.3 is 5.97 Å². The van der Waals surface area contributed by atoms with Crippen LogP contribution in [0.15, 0.2) is 24.3 Å². The van der Waals surface area contributed by atoms with Crippen LogP contribution >= 0.6 is 0 Å². The van der Waals surface area contributed by atoms with Crippen LogP contribution in [-0.4, -0.2) is 41.6 Å². The molecular weight excluding hydrogens is 270 g/mol. The smallest absolute Gasteiger partial charge is 0.311 e. The second-order valence-electron chi connectivity index (χ2n) is 5.68. The van der Waals surface area contributed by atoms with Crippen LogP contribution in [0.5, 0.6) is 5.75 Å². The minimum Gasteiger partial charge on any atom is -0.494 e. The lowest BCUT2D eigenvalue weighted by Gasteiger charge is -2.20. The lowest BCUT2D eigenvalue weighted by Crippen LogP contribution is -2.35. The number of aliphatic carboxylic acids is 1. The molecule has 1 heterocycles. The van der Waals surface area contributed by atoms with Gasteiger partial charge in [0.05, 0.1) is 18.4 Å². The molecule has 0 saturated carbocycles. The highest BCUT2D eigenvalue weighted by Crippen LogP contribution is 2.30. The van der Waals surface area contributed by atoms with E-state index in [1.165, 1.54) is 0 Å². The predicted octanol–water partition coefficient (Wildman–Crippen LogP) is 1.95. The SMILES string of the molecule is CCOc1ccc(CC(=O)N2CCC(C)(C(=O)O)C2)cc1. The summed E-state index contributed by atoms with van der Waals surface area (Å²) in [6.45, 7) is 5.03. The lowest BCUT2D eigenvalue weighted by atomic mass is 9.90. The van der Waals surface area contributed by atoms with E-state index in [9.17, 15) is 14.7 Å². The Morgan fingerprint density at radius 1 is 1.33 bits per heavy atom. The summed E-state index contributed by atoms with van der Waals surface area (Å²) in [5, 5.41) is 9.19. The van der Waals surface area contributed by atoms with Crippen LogP contribution in [0.2, 0.25) is 0 Å². The molecule has 2 rings (SSSR count). The number of amides is 1. The van der Waals surface area contributed by atoms with Crippen molar-refractivity contribution in [1.82, 2.24) is 4.90 Å². The van der Waals surface area contributed by atoms with Crippen molar-refractivity contribution in [3.8, 4) is 5.75 Å². The monoisotopic (exact) mass is 291 g/mol. The summed E-state index contributed by atoms with van der Waals surface area (Å²) >= 11 is 0. The molecule has 1 aliphatic heterocycles. The summed E-state index contributed by atoms with van der Waals surface area (Å²) < 4.78 is 5.36. The topological polar surface area (TPSA) is 66.8 Å². The summed E-state index contributed by atoms with van der Waals surface area (Å²) in [7, 11) is 0. The van der Waals surface area contributed by atoms with Crippen LogP contribution in [0.1, 0.15) is 25.8 Å². The van der Waals surface area contributed by atoms with Crippen molar-refractivity contribution in [2.24, 2.45) is 5.41 Å². The van der Waals surface area contributed by atoms with Crippen molar-refractivity contribution in [2.45, 2.75) is 26.7 Å². The minimum absolute atomic E-state index is 0.0239. The number of nitrogens with zero attached hydrogens (tertiary/aromatic N) is 1. The Balaban J connectivity index is 1.94. The molecule has 1 aromatic carbocycles. The Kier molecular flexibility index (Phi) is 4.50. The van der Waals surface area contributed by atoms with Crippen molar-refractivity contribution in [2.75, 3.05) is 19.7 Å². The van der Waals surface area contributed by atoms with Crippen LogP contribution in [0.4, 0.5) is 0 Å². The van der Waals surface area contributed by atoms with Gasteiger partial charge in [0, 0.05) is 13.1 Å². The number of carbonyl (C=O) groups excluding carboxylic acids is 1. The molecule has 0 aliphatic carbocycles. The van der Waals surface area contributed by atoms with Gasteiger partial charge in [-0.2, -0.15) is 0 Å². The summed E-state index contributed by atoms with van der Waals surface area (Å²) in [6, 6.07) is 7.43. The van der Waals surface area contributed by atoms with E-state index in [2.05, 4.69) is 0 Å². The number of carboxylic acid groups (broad SMARTS) is 1. The maximum absolute atomic E-state index is 12.2. The molecule has 1 amide bonds. The number of hydrogen-bond acceptors (Lipinski definition) is 3. The quantitative estimate of drug-likeness (QED) is 0.900. The van der Waals surface area contributed by atoms with Gasteiger partial charge in [0.25, 0.3) is 0 Å². The van der Waals surface area contributed by atoms with E-state index in [4.69, 9.17) is 4.74 Å². The molecule has 114 valence electrons. The molecule has 5 heteroatoms. The van der Waals surface area contributed by atoms with Crippen molar-refractivity contribution in [3.05, 3.63) is 29.8 Å². The van der Waals surface area contributed by atoms with Crippen LogP contribution in [0.3, 0.4) is 0 Å². The Bertz CT molecular complexity index is 526. The highest BCUT2D eigenvalue weighted by atomic mass is 16.5. The third kappa shape index (κ3) is 3.54. The van der Waals surface area contributed by atoms with Crippen molar-refractivity contribution >= 4 is 11.9 Å². The number of hydrogen-bond donors (Lipinski definition) is 1. The minimum atomic E-state index is -0.834. The molecule has 21 heavy (non-hydrogen) atoms. The molecule has 1 aliphatic rings. The number of ether oxygens (including phenoxy) is 1. The van der Waals surface area contributed by atoms with Crippen molar-refractivity contribution in [3.63, 3.8) is 0 Å². The Morgan fingerprint density at radius 2 is 2.00 bits per heavy atom. The second kappa shape index (κ2) is 6.16. The Morgan fingerprint density at radius 3 is 2.52 bits per heavy atom. The first kappa shape index (κ1) is 15.4. The van der Waals surface area contributed by atoms with E-state index >= 15 is 0 Å². The van der Waals surface area contributed by atoms with Gasteiger partial charge < -0.3 is 14.7 Å². The predicted molar refractivity (Wildman–Crippen MR) is 78.3 cm³/mol. The number of carbonyl (C=O) groups is 2. The van der Waals surface area contributed by atoms with Gasteiger partial charge in [0.1, 0.15) is 5.75 Å². The molecule has 0 aromatic heterocycles. The van der Waals surface area contributed by atoms with E-state index in [1.807, 2.05) is 31.2 Å². The zero-order valence-corrected chi connectivity index (χ0v) is 12.5. The third-order valence-corrected chi connectivity index (χ3v) is 3.93. The van der Waals surface area contributed by atoms with Gasteiger partial charge in [-0.15, -0.1) is 0 Å². The summed E-state index contributed by atoms with van der Waals surface area (Å²) in [5.41, 5.74) is 0.0986. The Labute approximate surface area is 124 Å². The van der Waals surface area contributed by atoms with Gasteiger partial charge in [-0.1, -0.05) is 12.1 Å². The van der Waals surface area contributed by atoms with E-state index in [0.717, 1.165) is 11.3 Å². The van der Waals surface area contributed by atoms with Crippen LogP contribution in [-0.2, 0) is 16.0 Å². The fourth-order valence-electron chi connectivity index (χ4n) is 2.51. The van der Waals surface area contributed by atoms with E-state index in [0.29, 0.717) is 26.0 Å². The zero-order chi connectivity index (χ0) is 15.5. The molecule has 0 bridgehead atoms. The zero-order valence-electron chi connectivity index (χ0n) is 12.5. The first-order chi connectivity index (χ1) is 9.94. The first-order valence-electron chi connectivity index (χ1n) is 7.17. The fourth-order valence-corrected chi connectivity index (χ4v) is 2.51. The average molecular weight is 291 g/mol. The molecule has 1 saturated heterocycles. The van der Waals surface area contributed by atoms with E-state index in [-0.39, 0.29) is 12.5 Å². The molecular formula is C16H21NO4. The van der Waals surface area contributed by atoms with Gasteiger partial charge in [-0.25, -0.2) is 0 Å². The molecule has 1 aromatic rings. The molecule has 0 radical (unpaired) electrons. The summed E-state index contributed by atoms with van der Waals surface area (Å²) in [4.78, 5) is 25.1. The highest BCUT2D eigenvalue weighted by Gasteiger charge is 2.41. The largest absolute Gasteiger partial charge is 0.494 e. The highest BCUT2D eigenvalue weighted by molar-refractivity contribution is 5.82. The van der Waals surface area contributed by atoms with Crippen LogP contribution in [0, 0.1) is 5.41 Å². The number of rotatable bonds is 5. The van der Waals surface area contributed by atoms with E-state index in [1.54, 1.807) is 11.8 Å². The van der Waals surface area contributed by atoms with Gasteiger partial charge in [0.2, 0.25) is 5.91 Å². The average Bonchev–Trinajstić information content (AvgIpc) is 2.85. The normalized spacial score (nSPS) is 21.3. The van der Waals surface area contributed by atoms with Crippen LogP contribution < -0.4 is 4.74 Å². The van der Waals surface area contributed by atoms with E-state index < -0.39 is 11.4 Å². The van der Waals surface area contributed by atoms with Gasteiger partial charge in [-0.3, -0.25) is 9.59 Å². The molecule has 1 fully saturated rings. The molecule has 1 atom stereocenters. The number of carboxylic acids is 1. The lowest BCUT2D eigenvalue weighted by molar-refractivity contribution is -0.147. The standard InChI is InChI=1S/C16H21NO4/c1-3-21-13-6-4-12(5-7-13)10-14(18)17-9-8-16(2,11-17)15(19)20/h4-7H,3,8-11H2,1-2H3,(H,19,20). The molecule has 0 spiro atoms. The van der Waals surface area contributed by atoms with Crippen molar-refractivity contribution < 1.29 is 19.4 Å². The third-order valence-electron chi connectivity index (χ3n) is 3.93. The Hall–Kier alpha value is -2.04.